The highest BCUT2D eigenvalue weighted by Gasteiger charge is 2.25. The highest BCUT2D eigenvalue weighted by molar-refractivity contribution is 7.95. The van der Waals surface area contributed by atoms with Gasteiger partial charge in [-0.1, -0.05) is 26.5 Å². The average molecular weight is 418 g/mol. The summed E-state index contributed by atoms with van der Waals surface area (Å²) in [6.45, 7) is 8.17. The zero-order valence-electron chi connectivity index (χ0n) is 17.5. The number of fused-ring (bicyclic) bond motifs is 2. The maximum absolute atomic E-state index is 12.9. The topological polar surface area (TPSA) is 93.8 Å². The number of aryl methyl sites for hydroxylation is 2. The van der Waals surface area contributed by atoms with Crippen LogP contribution in [-0.4, -0.2) is 24.0 Å². The lowest BCUT2D eigenvalue weighted by Gasteiger charge is -2.15. The molecule has 1 aromatic carbocycles. The summed E-state index contributed by atoms with van der Waals surface area (Å²) in [5.74, 6) is 0.172. The maximum atomic E-state index is 12.9. The summed E-state index contributed by atoms with van der Waals surface area (Å²) in [6.07, 6.45) is 7.77. The van der Waals surface area contributed by atoms with Crippen molar-refractivity contribution in [1.29, 1.82) is 0 Å². The van der Waals surface area contributed by atoms with Gasteiger partial charge in [-0.25, -0.2) is 14.1 Å². The van der Waals surface area contributed by atoms with Crippen LogP contribution in [0.25, 0.3) is 0 Å². The summed E-state index contributed by atoms with van der Waals surface area (Å²) >= 11 is 0. The monoisotopic (exact) mass is 417 g/mol. The van der Waals surface area contributed by atoms with Gasteiger partial charge in [0.25, 0.3) is 0 Å². The van der Waals surface area contributed by atoms with Gasteiger partial charge in [-0.3, -0.25) is 0 Å². The third-order valence-electron chi connectivity index (χ3n) is 5.70. The molecule has 0 aliphatic heterocycles. The van der Waals surface area contributed by atoms with E-state index >= 15 is 0 Å². The molecule has 29 heavy (non-hydrogen) atoms. The largest absolute Gasteiger partial charge is 0.380 e. The Labute approximate surface area is 173 Å². The van der Waals surface area contributed by atoms with Gasteiger partial charge in [0.1, 0.15) is 9.92 Å². The second-order valence-electron chi connectivity index (χ2n) is 8.10. The summed E-state index contributed by atoms with van der Waals surface area (Å²) in [5.41, 5.74) is 6.76. The third-order valence-corrected chi connectivity index (χ3v) is 7.00. The molecular weight excluding hydrogens is 386 g/mol. The quantitative estimate of drug-likeness (QED) is 0.677. The van der Waals surface area contributed by atoms with Crippen LogP contribution in [-0.2, 0) is 40.3 Å². The number of benzene rings is 1. The van der Waals surface area contributed by atoms with Gasteiger partial charge in [-0.05, 0) is 78.3 Å². The molecule has 6 nitrogen and oxygen atoms in total. The van der Waals surface area contributed by atoms with E-state index in [0.717, 1.165) is 49.8 Å². The minimum absolute atomic E-state index is 0.122. The Morgan fingerprint density at radius 3 is 2.38 bits per heavy atom. The highest BCUT2D eigenvalue weighted by atomic mass is 32.2. The molecule has 0 saturated carbocycles. The lowest BCUT2D eigenvalue weighted by molar-refractivity contribution is 0.218. The van der Waals surface area contributed by atoms with E-state index in [4.69, 9.17) is 9.88 Å². The summed E-state index contributed by atoms with van der Waals surface area (Å²) < 4.78 is 21.9. The number of hydrogen-bond donors (Lipinski definition) is 2. The van der Waals surface area contributed by atoms with Crippen LogP contribution in [0.3, 0.4) is 0 Å². The Morgan fingerprint density at radius 1 is 1.28 bits per heavy atom. The van der Waals surface area contributed by atoms with Crippen molar-refractivity contribution < 1.29 is 13.7 Å². The van der Waals surface area contributed by atoms with Crippen LogP contribution < -0.4 is 10.5 Å². The number of nitrogens with one attached hydrogen (secondary N) is 1. The number of rotatable bonds is 6. The first-order chi connectivity index (χ1) is 13.7. The third kappa shape index (κ3) is 4.79. The molecule has 3 rings (SSSR count). The molecule has 2 aliphatic carbocycles. The Balaban J connectivity index is 1.87. The predicted molar refractivity (Wildman–Crippen MR) is 118 cm³/mol. The second-order valence-corrected chi connectivity index (χ2v) is 9.94. The number of nitrogens with zero attached hydrogens (tertiary/aromatic N) is 1. The maximum Gasteiger partial charge on any atom is 0.354 e. The summed E-state index contributed by atoms with van der Waals surface area (Å²) in [5, 5.41) is 8.80. The fourth-order valence-electron chi connectivity index (χ4n) is 4.11. The number of hydrogen-bond acceptors (Lipinski definition) is 3. The zero-order valence-corrected chi connectivity index (χ0v) is 18.4. The van der Waals surface area contributed by atoms with Gasteiger partial charge in [-0.15, -0.1) is 4.36 Å². The molecule has 0 aromatic heterocycles. The molecule has 7 heteroatoms. The molecular formula is C22H31N3O3S. The van der Waals surface area contributed by atoms with Gasteiger partial charge in [0.2, 0.25) is 0 Å². The number of nitrogens with two attached hydrogens (primary N) is 1. The number of ether oxygens (including phenoxy) is 1. The van der Waals surface area contributed by atoms with Crippen molar-refractivity contribution in [1.82, 2.24) is 0 Å². The number of carbonyl (C=O) groups excluding carboxylic acids is 1. The van der Waals surface area contributed by atoms with E-state index in [1.807, 2.05) is 13.8 Å². The van der Waals surface area contributed by atoms with E-state index in [1.165, 1.54) is 22.3 Å². The molecule has 2 amide bonds. The van der Waals surface area contributed by atoms with Gasteiger partial charge in [0.15, 0.2) is 0 Å². The lowest BCUT2D eigenvalue weighted by atomic mass is 9.99. The van der Waals surface area contributed by atoms with Crippen molar-refractivity contribution in [3.8, 4) is 0 Å². The Hall–Kier alpha value is -1.96. The molecule has 1 aromatic rings. The van der Waals surface area contributed by atoms with E-state index in [0.29, 0.717) is 6.61 Å². The number of allylic oxidation sites excluding steroid dienone is 1. The van der Waals surface area contributed by atoms with Crippen molar-refractivity contribution in [2.75, 3.05) is 19.0 Å². The zero-order chi connectivity index (χ0) is 21.2. The van der Waals surface area contributed by atoms with Gasteiger partial charge < -0.3 is 10.1 Å². The van der Waals surface area contributed by atoms with Gasteiger partial charge in [0, 0.05) is 12.8 Å². The van der Waals surface area contributed by atoms with E-state index in [9.17, 15) is 9.00 Å². The van der Waals surface area contributed by atoms with Crippen molar-refractivity contribution in [3.63, 3.8) is 0 Å². The molecule has 0 spiro atoms. The van der Waals surface area contributed by atoms with Crippen LogP contribution in [0.2, 0.25) is 0 Å². The Kier molecular flexibility index (Phi) is 6.61. The number of anilines is 1. The van der Waals surface area contributed by atoms with Gasteiger partial charge in [-0.2, -0.15) is 0 Å². The summed E-state index contributed by atoms with van der Waals surface area (Å²) in [6, 6.07) is 1.61. The van der Waals surface area contributed by atoms with Crippen LogP contribution in [0.1, 0.15) is 48.9 Å². The minimum Gasteiger partial charge on any atom is -0.380 e. The second kappa shape index (κ2) is 8.81. The first-order valence-electron chi connectivity index (χ1n) is 10.1. The molecule has 158 valence electrons. The van der Waals surface area contributed by atoms with Crippen LogP contribution in [0, 0.1) is 5.92 Å². The fourth-order valence-corrected chi connectivity index (χ4v) is 4.84. The van der Waals surface area contributed by atoms with Crippen LogP contribution in [0.15, 0.2) is 33.6 Å². The molecule has 0 fully saturated rings. The molecule has 0 heterocycles. The van der Waals surface area contributed by atoms with Gasteiger partial charge >= 0.3 is 6.03 Å². The van der Waals surface area contributed by atoms with E-state index < -0.39 is 15.9 Å². The van der Waals surface area contributed by atoms with Crippen LogP contribution in [0.5, 0.6) is 0 Å². The minimum atomic E-state index is -3.42. The Morgan fingerprint density at radius 2 is 1.86 bits per heavy atom. The number of methoxy groups -OCH3 is 1. The summed E-state index contributed by atoms with van der Waals surface area (Å²) in [4.78, 5) is 12.8. The summed E-state index contributed by atoms with van der Waals surface area (Å²) in [7, 11) is -1.83. The molecule has 2 aliphatic rings. The number of amides is 2. The Bertz CT molecular complexity index is 953. The standard InChI is InChI=1S/C22H31N3O3S/c1-14(2)18(13-28-4)11-15(3)29(23,27)25-22(26)24-21-19-9-5-7-16(19)12-17-8-6-10-20(17)21/h11-12,14H,3,5-10,13H2,1-2,4H3,(H3,23,24,25,26,27)/b18-11-. The van der Waals surface area contributed by atoms with Crippen LogP contribution >= 0.6 is 0 Å². The van der Waals surface area contributed by atoms with Gasteiger partial charge in [0.05, 0.1) is 11.5 Å². The lowest BCUT2D eigenvalue weighted by Crippen LogP contribution is -2.19. The van der Waals surface area contributed by atoms with Crippen molar-refractivity contribution in [3.05, 3.63) is 51.5 Å². The van der Waals surface area contributed by atoms with E-state index in [1.54, 1.807) is 13.2 Å². The molecule has 3 N–H and O–H groups in total. The predicted octanol–water partition coefficient (Wildman–Crippen LogP) is 4.28. The van der Waals surface area contributed by atoms with Crippen LogP contribution in [0.4, 0.5) is 10.5 Å². The van der Waals surface area contributed by atoms with Crippen molar-refractivity contribution in [2.45, 2.75) is 52.4 Å². The fraction of sp³-hybridized carbons (Fsp3) is 0.500. The molecule has 1 unspecified atom stereocenters. The smallest absolute Gasteiger partial charge is 0.354 e. The average Bonchev–Trinajstić information content (AvgIpc) is 3.29. The number of urea groups is 1. The van der Waals surface area contributed by atoms with Crippen molar-refractivity contribution in [2.24, 2.45) is 15.4 Å². The van der Waals surface area contributed by atoms with E-state index in [2.05, 4.69) is 22.3 Å². The van der Waals surface area contributed by atoms with E-state index in [-0.39, 0.29) is 10.8 Å². The first-order valence-corrected chi connectivity index (χ1v) is 11.7. The SMILES string of the molecule is C=C(/C=C(/COC)C(C)C)S(N)(=O)=NC(=O)Nc1c2c(cc3c1CCC3)CCC2. The molecule has 0 bridgehead atoms. The number of carbonyl (C=O) groups is 1. The first kappa shape index (κ1) is 21.7. The normalized spacial score (nSPS) is 17.6. The van der Waals surface area contributed by atoms with Crippen molar-refractivity contribution >= 4 is 21.6 Å². The molecule has 0 radical (unpaired) electrons. The highest BCUT2D eigenvalue weighted by Crippen LogP contribution is 2.38. The molecule has 0 saturated heterocycles. The molecule has 1 atom stereocenters.